The highest BCUT2D eigenvalue weighted by atomic mass is 16.6. The molecule has 8 heteroatoms. The van der Waals surface area contributed by atoms with Gasteiger partial charge in [0.05, 0.1) is 17.2 Å². The molecule has 0 aromatic carbocycles. The first kappa shape index (κ1) is 14.8. The maximum absolute atomic E-state index is 11.0. The largest absolute Gasteiger partial charge is 0.444 e. The summed E-state index contributed by atoms with van der Waals surface area (Å²) < 4.78 is 5.43. The van der Waals surface area contributed by atoms with E-state index in [1.165, 1.54) is 6.07 Å². The van der Waals surface area contributed by atoms with E-state index < -0.39 is 4.92 Å². The third-order valence-electron chi connectivity index (χ3n) is 2.91. The number of hydrogen-bond donors (Lipinski definition) is 2. The molecule has 0 spiro atoms. The van der Waals surface area contributed by atoms with Crippen molar-refractivity contribution in [1.82, 2.24) is 9.97 Å². The van der Waals surface area contributed by atoms with Crippen LogP contribution in [-0.2, 0) is 6.54 Å². The number of nitrogens with one attached hydrogen (secondary N) is 2. The Bertz CT molecular complexity index is 634. The molecule has 0 bridgehead atoms. The zero-order valence-corrected chi connectivity index (χ0v) is 12.1. The molecular formula is C13H17N5O3. The van der Waals surface area contributed by atoms with E-state index in [1.807, 2.05) is 20.8 Å². The second-order valence-electron chi connectivity index (χ2n) is 4.45. The van der Waals surface area contributed by atoms with E-state index >= 15 is 0 Å². The van der Waals surface area contributed by atoms with Gasteiger partial charge >= 0.3 is 5.69 Å². The van der Waals surface area contributed by atoms with Gasteiger partial charge < -0.3 is 15.1 Å². The van der Waals surface area contributed by atoms with Gasteiger partial charge in [-0.25, -0.2) is 9.97 Å². The molecule has 2 aromatic heterocycles. The van der Waals surface area contributed by atoms with Gasteiger partial charge in [0.25, 0.3) is 0 Å². The van der Waals surface area contributed by atoms with Crippen LogP contribution in [0.1, 0.15) is 24.3 Å². The Morgan fingerprint density at radius 1 is 1.29 bits per heavy atom. The fourth-order valence-corrected chi connectivity index (χ4v) is 1.78. The Morgan fingerprint density at radius 2 is 2.05 bits per heavy atom. The van der Waals surface area contributed by atoms with Crippen molar-refractivity contribution in [3.63, 3.8) is 0 Å². The summed E-state index contributed by atoms with van der Waals surface area (Å²) in [5, 5.41) is 16.9. The van der Waals surface area contributed by atoms with Gasteiger partial charge in [-0.15, -0.1) is 0 Å². The lowest BCUT2D eigenvalue weighted by atomic mass is 10.3. The van der Waals surface area contributed by atoms with Crippen LogP contribution in [0, 0.1) is 24.0 Å². The third-order valence-corrected chi connectivity index (χ3v) is 2.91. The van der Waals surface area contributed by atoms with Crippen LogP contribution < -0.4 is 10.6 Å². The number of hydrogen-bond acceptors (Lipinski definition) is 7. The quantitative estimate of drug-likeness (QED) is 0.622. The highest BCUT2D eigenvalue weighted by Gasteiger charge is 2.16. The fraction of sp³-hybridized carbons (Fsp3) is 0.385. The molecule has 2 N–H and O–H groups in total. The average Bonchev–Trinajstić information content (AvgIpc) is 2.76. The first-order valence-electron chi connectivity index (χ1n) is 6.57. The molecule has 8 nitrogen and oxygen atoms in total. The number of aryl methyl sites for hydroxylation is 2. The van der Waals surface area contributed by atoms with E-state index in [-0.39, 0.29) is 18.1 Å². The molecule has 0 aliphatic rings. The second kappa shape index (κ2) is 6.21. The summed E-state index contributed by atoms with van der Waals surface area (Å²) in [6, 6.07) is 2.99. The van der Waals surface area contributed by atoms with Gasteiger partial charge in [-0.2, -0.15) is 0 Å². The van der Waals surface area contributed by atoms with Crippen LogP contribution in [0.5, 0.6) is 0 Å². The van der Waals surface area contributed by atoms with Crippen molar-refractivity contribution in [3.8, 4) is 0 Å². The van der Waals surface area contributed by atoms with Gasteiger partial charge in [0.15, 0.2) is 0 Å². The monoisotopic (exact) mass is 291 g/mol. The molecule has 0 saturated carbocycles. The van der Waals surface area contributed by atoms with E-state index in [0.717, 1.165) is 11.5 Å². The maximum Gasteiger partial charge on any atom is 0.311 e. The Labute approximate surface area is 121 Å². The molecule has 2 rings (SSSR count). The molecule has 2 aromatic rings. The lowest BCUT2D eigenvalue weighted by Crippen LogP contribution is -2.07. The van der Waals surface area contributed by atoms with E-state index in [0.29, 0.717) is 18.3 Å². The van der Waals surface area contributed by atoms with Gasteiger partial charge in [-0.1, -0.05) is 0 Å². The van der Waals surface area contributed by atoms with E-state index in [9.17, 15) is 10.1 Å². The Balaban J connectivity index is 2.20. The highest BCUT2D eigenvalue weighted by Crippen LogP contribution is 2.24. The zero-order chi connectivity index (χ0) is 15.4. The van der Waals surface area contributed by atoms with Crippen LogP contribution in [0.4, 0.5) is 17.3 Å². The van der Waals surface area contributed by atoms with Crippen molar-refractivity contribution >= 4 is 17.3 Å². The second-order valence-corrected chi connectivity index (χ2v) is 4.45. The smallest absolute Gasteiger partial charge is 0.311 e. The van der Waals surface area contributed by atoms with Crippen LogP contribution >= 0.6 is 0 Å². The lowest BCUT2D eigenvalue weighted by Gasteiger charge is -2.07. The van der Waals surface area contributed by atoms with Crippen molar-refractivity contribution in [2.75, 3.05) is 17.2 Å². The van der Waals surface area contributed by atoms with E-state index in [1.54, 1.807) is 6.07 Å². The van der Waals surface area contributed by atoms with Crippen LogP contribution in [0.15, 0.2) is 16.5 Å². The Kier molecular flexibility index (Phi) is 4.36. The number of nitro groups is 1. The molecule has 2 heterocycles. The van der Waals surface area contributed by atoms with Crippen LogP contribution in [0.2, 0.25) is 0 Å². The van der Waals surface area contributed by atoms with Crippen molar-refractivity contribution < 1.29 is 9.34 Å². The first-order chi connectivity index (χ1) is 10.0. The van der Waals surface area contributed by atoms with Crippen molar-refractivity contribution in [3.05, 3.63) is 39.6 Å². The molecule has 0 radical (unpaired) electrons. The van der Waals surface area contributed by atoms with Crippen LogP contribution in [0.3, 0.4) is 0 Å². The van der Waals surface area contributed by atoms with Crippen molar-refractivity contribution in [1.29, 1.82) is 0 Å². The van der Waals surface area contributed by atoms with Gasteiger partial charge in [0.2, 0.25) is 11.7 Å². The summed E-state index contributed by atoms with van der Waals surface area (Å²) in [6.07, 6.45) is 0. The zero-order valence-electron chi connectivity index (χ0n) is 12.1. The summed E-state index contributed by atoms with van der Waals surface area (Å²) >= 11 is 0. The van der Waals surface area contributed by atoms with Gasteiger partial charge in [-0.05, 0) is 26.8 Å². The minimum atomic E-state index is -0.475. The molecule has 0 fully saturated rings. The number of oxazole rings is 1. The van der Waals surface area contributed by atoms with Gasteiger partial charge in [0.1, 0.15) is 11.6 Å². The van der Waals surface area contributed by atoms with Crippen LogP contribution in [0.25, 0.3) is 0 Å². The molecule has 0 aliphatic heterocycles. The number of nitrogens with zero attached hydrogens (tertiary/aromatic N) is 3. The third kappa shape index (κ3) is 3.47. The van der Waals surface area contributed by atoms with Gasteiger partial charge in [0, 0.05) is 12.6 Å². The van der Waals surface area contributed by atoms with Crippen molar-refractivity contribution in [2.45, 2.75) is 27.3 Å². The molecule has 0 aliphatic carbocycles. The highest BCUT2D eigenvalue weighted by molar-refractivity contribution is 5.60. The molecule has 0 saturated heterocycles. The summed E-state index contributed by atoms with van der Waals surface area (Å²) in [6.45, 7) is 6.50. The van der Waals surface area contributed by atoms with Gasteiger partial charge in [-0.3, -0.25) is 10.1 Å². The summed E-state index contributed by atoms with van der Waals surface area (Å²) in [4.78, 5) is 19.0. The fourth-order valence-electron chi connectivity index (χ4n) is 1.78. The Hall–Kier alpha value is -2.64. The molecule has 0 unspecified atom stereocenters. The maximum atomic E-state index is 11.0. The number of pyridine rings is 1. The SMILES string of the molecule is CCNc1ccc([N+](=O)[O-])c(NCc2nc(C)c(C)o2)n1. The molecule has 0 amide bonds. The van der Waals surface area contributed by atoms with Crippen LogP contribution in [-0.4, -0.2) is 21.4 Å². The minimum absolute atomic E-state index is 0.0864. The predicted molar refractivity (Wildman–Crippen MR) is 78.4 cm³/mol. The summed E-state index contributed by atoms with van der Waals surface area (Å²) in [5.74, 6) is 1.96. The first-order valence-corrected chi connectivity index (χ1v) is 6.57. The lowest BCUT2D eigenvalue weighted by molar-refractivity contribution is -0.384. The Morgan fingerprint density at radius 3 is 2.62 bits per heavy atom. The standard InChI is InChI=1S/C13H17N5O3/c1-4-14-11-6-5-10(18(19)20)13(17-11)15-7-12-16-8(2)9(3)21-12/h5-6H,4,7H2,1-3H3,(H2,14,15,17). The molecular weight excluding hydrogens is 274 g/mol. The average molecular weight is 291 g/mol. The normalized spacial score (nSPS) is 10.4. The van der Waals surface area contributed by atoms with E-state index in [4.69, 9.17) is 4.42 Å². The summed E-state index contributed by atoms with van der Waals surface area (Å²) in [5.41, 5.74) is 0.715. The predicted octanol–water partition coefficient (Wildman–Crippen LogP) is 2.64. The van der Waals surface area contributed by atoms with Crippen molar-refractivity contribution in [2.24, 2.45) is 0 Å². The molecule has 0 atom stereocenters. The number of anilines is 2. The number of rotatable bonds is 6. The van der Waals surface area contributed by atoms with E-state index in [2.05, 4.69) is 20.6 Å². The topological polar surface area (TPSA) is 106 Å². The minimum Gasteiger partial charge on any atom is -0.444 e. The molecule has 112 valence electrons. The molecule has 21 heavy (non-hydrogen) atoms. The number of aromatic nitrogens is 2. The summed E-state index contributed by atoms with van der Waals surface area (Å²) in [7, 11) is 0.